The van der Waals surface area contributed by atoms with E-state index in [1.807, 2.05) is 37.4 Å². The Kier molecular flexibility index (Phi) is 5.26. The average molecular weight is 427 g/mol. The third-order valence-corrected chi connectivity index (χ3v) is 5.77. The molecule has 0 aliphatic rings. The number of thiazole rings is 1. The third kappa shape index (κ3) is 3.54. The quantitative estimate of drug-likeness (QED) is 0.432. The lowest BCUT2D eigenvalue weighted by molar-refractivity contribution is -0.139. The maximum atomic E-state index is 14.6. The van der Waals surface area contributed by atoms with Gasteiger partial charge in [-0.25, -0.2) is 13.8 Å². The molecule has 0 aliphatic heterocycles. The molecular weight excluding hydrogens is 408 g/mol. The Hall–Kier alpha value is -3.26. The molecule has 0 spiro atoms. The van der Waals surface area contributed by atoms with E-state index in [0.29, 0.717) is 22.2 Å². The fourth-order valence-corrected chi connectivity index (χ4v) is 4.26. The Bertz CT molecular complexity index is 1240. The van der Waals surface area contributed by atoms with Crippen molar-refractivity contribution >= 4 is 33.8 Å². The number of carbonyl (C=O) groups is 1. The number of benzene rings is 2. The van der Waals surface area contributed by atoms with Crippen molar-refractivity contribution in [2.24, 2.45) is 0 Å². The van der Waals surface area contributed by atoms with Crippen LogP contribution in [-0.4, -0.2) is 22.5 Å². The van der Waals surface area contributed by atoms with E-state index in [9.17, 15) is 13.6 Å². The molecule has 0 atom stereocenters. The molecule has 2 aromatic carbocycles. The summed E-state index contributed by atoms with van der Waals surface area (Å²) in [6.45, 7) is 3.93. The average Bonchev–Trinajstić information content (AvgIpc) is 3.25. The molecule has 0 saturated heterocycles. The number of rotatable bonds is 5. The Labute approximate surface area is 176 Å². The molecule has 0 aliphatic carbocycles. The predicted octanol–water partition coefficient (Wildman–Crippen LogP) is 5.42. The van der Waals surface area contributed by atoms with E-state index in [2.05, 4.69) is 10.3 Å². The molecule has 0 amide bonds. The van der Waals surface area contributed by atoms with E-state index in [1.165, 1.54) is 30.6 Å². The molecule has 0 fully saturated rings. The van der Waals surface area contributed by atoms with Crippen LogP contribution in [0, 0.1) is 25.5 Å². The number of imidazole rings is 1. The van der Waals surface area contributed by atoms with Gasteiger partial charge in [0.2, 0.25) is 0 Å². The number of halogens is 2. The molecule has 0 unspecified atom stereocenters. The second-order valence-corrected chi connectivity index (χ2v) is 7.76. The minimum absolute atomic E-state index is 0.0413. The first kappa shape index (κ1) is 20.0. The third-order valence-electron chi connectivity index (χ3n) is 4.90. The number of methoxy groups -OCH3 is 1. The second kappa shape index (κ2) is 7.87. The van der Waals surface area contributed by atoms with Gasteiger partial charge in [-0.3, -0.25) is 9.20 Å². The SMILES string of the molecule is COC(=O)Cc1csc2nc(-c3ccc(F)cc3F)c(Nc3c(C)cccc3C)n12. The highest BCUT2D eigenvalue weighted by Crippen LogP contribution is 2.37. The number of fused-ring (bicyclic) bond motifs is 1. The summed E-state index contributed by atoms with van der Waals surface area (Å²) in [4.78, 5) is 17.1. The van der Waals surface area contributed by atoms with E-state index in [-0.39, 0.29) is 12.0 Å². The first-order chi connectivity index (χ1) is 14.4. The fraction of sp³-hybridized carbons (Fsp3) is 0.182. The number of nitrogens with zero attached hydrogens (tertiary/aromatic N) is 2. The van der Waals surface area contributed by atoms with Gasteiger partial charge in [-0.2, -0.15) is 0 Å². The van der Waals surface area contributed by atoms with Gasteiger partial charge in [-0.15, -0.1) is 11.3 Å². The van der Waals surface area contributed by atoms with Crippen molar-refractivity contribution < 1.29 is 18.3 Å². The number of carbonyl (C=O) groups excluding carboxylic acids is 1. The summed E-state index contributed by atoms with van der Waals surface area (Å²) < 4.78 is 34.7. The van der Waals surface area contributed by atoms with Crippen molar-refractivity contribution in [3.63, 3.8) is 0 Å². The van der Waals surface area contributed by atoms with Crippen LogP contribution in [0.3, 0.4) is 0 Å². The standard InChI is InChI=1S/C22H19F2N3O2S/c1-12-5-4-6-13(2)19(12)25-21-20(16-8-7-14(23)9-17(16)24)26-22-27(21)15(11-30-22)10-18(28)29-3/h4-9,11,25H,10H2,1-3H3. The van der Waals surface area contributed by atoms with Gasteiger partial charge < -0.3 is 10.1 Å². The highest BCUT2D eigenvalue weighted by molar-refractivity contribution is 7.15. The van der Waals surface area contributed by atoms with Crippen LogP contribution in [0.2, 0.25) is 0 Å². The van der Waals surface area contributed by atoms with Crippen LogP contribution in [0.1, 0.15) is 16.8 Å². The smallest absolute Gasteiger partial charge is 0.311 e. The molecular formula is C22H19F2N3O2S. The Morgan fingerprint density at radius 1 is 1.20 bits per heavy atom. The van der Waals surface area contributed by atoms with Crippen molar-refractivity contribution in [1.82, 2.24) is 9.38 Å². The molecule has 30 heavy (non-hydrogen) atoms. The van der Waals surface area contributed by atoms with Gasteiger partial charge in [0.15, 0.2) is 4.96 Å². The molecule has 0 radical (unpaired) electrons. The van der Waals surface area contributed by atoms with E-state index in [4.69, 9.17) is 4.74 Å². The fourth-order valence-electron chi connectivity index (χ4n) is 3.37. The zero-order chi connectivity index (χ0) is 21.4. The van der Waals surface area contributed by atoms with Crippen LogP contribution in [0.15, 0.2) is 41.8 Å². The van der Waals surface area contributed by atoms with Gasteiger partial charge in [0.05, 0.1) is 13.5 Å². The number of hydrogen-bond acceptors (Lipinski definition) is 5. The lowest BCUT2D eigenvalue weighted by atomic mass is 10.1. The number of para-hydroxylation sites is 1. The Morgan fingerprint density at radius 3 is 2.60 bits per heavy atom. The van der Waals surface area contributed by atoms with Crippen LogP contribution in [0.5, 0.6) is 0 Å². The molecule has 8 heteroatoms. The van der Waals surface area contributed by atoms with Crippen molar-refractivity contribution in [2.45, 2.75) is 20.3 Å². The number of aryl methyl sites for hydroxylation is 2. The highest BCUT2D eigenvalue weighted by atomic mass is 32.1. The summed E-state index contributed by atoms with van der Waals surface area (Å²) in [6.07, 6.45) is 0.0413. The monoisotopic (exact) mass is 427 g/mol. The second-order valence-electron chi connectivity index (χ2n) is 6.92. The van der Waals surface area contributed by atoms with E-state index >= 15 is 0 Å². The Balaban J connectivity index is 1.95. The first-order valence-electron chi connectivity index (χ1n) is 9.23. The summed E-state index contributed by atoms with van der Waals surface area (Å²) in [5, 5.41) is 5.20. The zero-order valence-corrected chi connectivity index (χ0v) is 17.4. The number of nitrogens with one attached hydrogen (secondary N) is 1. The molecule has 5 nitrogen and oxygen atoms in total. The normalized spacial score (nSPS) is 11.1. The molecule has 0 bridgehead atoms. The van der Waals surface area contributed by atoms with Crippen molar-refractivity contribution in [3.05, 3.63) is 70.2 Å². The molecule has 0 saturated carbocycles. The van der Waals surface area contributed by atoms with E-state index in [0.717, 1.165) is 22.9 Å². The lowest BCUT2D eigenvalue weighted by Gasteiger charge is -2.15. The number of anilines is 2. The molecule has 2 heterocycles. The highest BCUT2D eigenvalue weighted by Gasteiger charge is 2.23. The summed E-state index contributed by atoms with van der Waals surface area (Å²) in [5.74, 6) is -1.25. The molecule has 1 N–H and O–H groups in total. The predicted molar refractivity (Wildman–Crippen MR) is 113 cm³/mol. The number of ether oxygens (including phenoxy) is 1. The minimum Gasteiger partial charge on any atom is -0.469 e. The van der Waals surface area contributed by atoms with Gasteiger partial charge in [0.1, 0.15) is 23.1 Å². The topological polar surface area (TPSA) is 55.6 Å². The van der Waals surface area contributed by atoms with E-state index in [1.54, 1.807) is 4.40 Å². The van der Waals surface area contributed by atoms with Crippen molar-refractivity contribution in [2.75, 3.05) is 12.4 Å². The van der Waals surface area contributed by atoms with Crippen LogP contribution in [0.4, 0.5) is 20.3 Å². The summed E-state index contributed by atoms with van der Waals surface area (Å²) in [6, 6.07) is 9.29. The van der Waals surface area contributed by atoms with Crippen LogP contribution >= 0.6 is 11.3 Å². The van der Waals surface area contributed by atoms with Gasteiger partial charge in [-0.1, -0.05) is 18.2 Å². The minimum atomic E-state index is -0.708. The maximum Gasteiger partial charge on any atom is 0.311 e. The lowest BCUT2D eigenvalue weighted by Crippen LogP contribution is -2.08. The van der Waals surface area contributed by atoms with E-state index < -0.39 is 17.6 Å². The summed E-state index contributed by atoms with van der Waals surface area (Å²) in [5.41, 5.74) is 4.04. The number of hydrogen-bond donors (Lipinski definition) is 1. The van der Waals surface area contributed by atoms with Crippen LogP contribution in [0.25, 0.3) is 16.2 Å². The van der Waals surface area contributed by atoms with Crippen molar-refractivity contribution in [3.8, 4) is 11.3 Å². The maximum absolute atomic E-state index is 14.6. The first-order valence-corrected chi connectivity index (χ1v) is 10.1. The van der Waals surface area contributed by atoms with Gasteiger partial charge in [0, 0.05) is 28.4 Å². The van der Waals surface area contributed by atoms with Crippen LogP contribution in [-0.2, 0) is 16.0 Å². The van der Waals surface area contributed by atoms with Gasteiger partial charge >= 0.3 is 5.97 Å². The van der Waals surface area contributed by atoms with Gasteiger partial charge in [-0.05, 0) is 37.1 Å². The molecule has 4 rings (SSSR count). The number of esters is 1. The summed E-state index contributed by atoms with van der Waals surface area (Å²) >= 11 is 1.33. The number of aromatic nitrogens is 2. The summed E-state index contributed by atoms with van der Waals surface area (Å²) in [7, 11) is 1.33. The largest absolute Gasteiger partial charge is 0.469 e. The van der Waals surface area contributed by atoms with Crippen LogP contribution < -0.4 is 5.32 Å². The Morgan fingerprint density at radius 2 is 1.93 bits per heavy atom. The molecule has 2 aromatic heterocycles. The molecule has 154 valence electrons. The zero-order valence-electron chi connectivity index (χ0n) is 16.6. The molecule has 4 aromatic rings. The van der Waals surface area contributed by atoms with Gasteiger partial charge in [0.25, 0.3) is 0 Å². The van der Waals surface area contributed by atoms with Crippen molar-refractivity contribution in [1.29, 1.82) is 0 Å².